The molecule has 1 fully saturated rings. The Morgan fingerprint density at radius 2 is 2.25 bits per heavy atom. The molecule has 1 rings (SSSR count). The third kappa shape index (κ3) is 3.46. The number of likely N-dealkylation sites (N-methyl/N-ethyl adjacent to an activating group) is 2. The van der Waals surface area contributed by atoms with Crippen molar-refractivity contribution in [3.8, 4) is 0 Å². The van der Waals surface area contributed by atoms with Crippen molar-refractivity contribution >= 4 is 5.91 Å². The Bertz CT molecular complexity index is 230. The molecule has 4 heteroatoms. The van der Waals surface area contributed by atoms with E-state index in [0.717, 1.165) is 13.1 Å². The van der Waals surface area contributed by atoms with Gasteiger partial charge in [-0.2, -0.15) is 0 Å². The van der Waals surface area contributed by atoms with Gasteiger partial charge < -0.3 is 10.2 Å². The summed E-state index contributed by atoms with van der Waals surface area (Å²) in [4.78, 5) is 16.1. The van der Waals surface area contributed by atoms with Gasteiger partial charge in [0.1, 0.15) is 0 Å². The van der Waals surface area contributed by atoms with Crippen LogP contribution < -0.4 is 5.32 Å². The van der Waals surface area contributed by atoms with Gasteiger partial charge in [-0.3, -0.25) is 9.69 Å². The molecule has 1 aliphatic heterocycles. The first-order valence-corrected chi connectivity index (χ1v) is 6.20. The Hall–Kier alpha value is -0.610. The van der Waals surface area contributed by atoms with Gasteiger partial charge in [0.2, 0.25) is 5.91 Å². The van der Waals surface area contributed by atoms with E-state index in [1.54, 1.807) is 0 Å². The minimum Gasteiger partial charge on any atom is -0.342 e. The Balaban J connectivity index is 2.43. The van der Waals surface area contributed by atoms with Crippen molar-refractivity contribution < 1.29 is 4.79 Å². The molecule has 1 amide bonds. The molecule has 1 heterocycles. The van der Waals surface area contributed by atoms with E-state index in [1.807, 2.05) is 32.8 Å². The molecule has 0 aromatic rings. The molecule has 1 atom stereocenters. The number of carbonyl (C=O) groups is 1. The summed E-state index contributed by atoms with van der Waals surface area (Å²) in [5, 5.41) is 3.20. The number of rotatable bonds is 5. The quantitative estimate of drug-likeness (QED) is 0.744. The summed E-state index contributed by atoms with van der Waals surface area (Å²) in [5.74, 6) is 0.234. The minimum atomic E-state index is 0.234. The maximum absolute atomic E-state index is 12.0. The highest BCUT2D eigenvalue weighted by Gasteiger charge is 2.26. The molecule has 1 saturated heterocycles. The average Bonchev–Trinajstić information content (AvgIpc) is 2.65. The minimum absolute atomic E-state index is 0.234. The molecular weight excluding hydrogens is 202 g/mol. The number of likely N-dealkylation sites (tertiary alicyclic amines) is 1. The molecule has 16 heavy (non-hydrogen) atoms. The standard InChI is InChI=1S/C12H25N3O/c1-10(2)14(4)12(16)9-15-7-5-6-11(15)8-13-3/h10-11,13H,5-9H2,1-4H3. The summed E-state index contributed by atoms with van der Waals surface area (Å²) in [5.41, 5.74) is 0. The number of hydrogen-bond donors (Lipinski definition) is 1. The van der Waals surface area contributed by atoms with E-state index in [0.29, 0.717) is 12.6 Å². The number of nitrogens with zero attached hydrogens (tertiary/aromatic N) is 2. The SMILES string of the molecule is CNCC1CCCN1CC(=O)N(C)C(C)C. The van der Waals surface area contributed by atoms with Gasteiger partial charge in [0.05, 0.1) is 6.54 Å². The summed E-state index contributed by atoms with van der Waals surface area (Å²) in [7, 11) is 3.86. The molecule has 1 N–H and O–H groups in total. The molecule has 1 aliphatic rings. The van der Waals surface area contributed by atoms with Gasteiger partial charge in [0.15, 0.2) is 0 Å². The molecule has 0 aliphatic carbocycles. The van der Waals surface area contributed by atoms with Crippen LogP contribution in [0.3, 0.4) is 0 Å². The predicted molar refractivity (Wildman–Crippen MR) is 66.4 cm³/mol. The van der Waals surface area contributed by atoms with E-state index in [-0.39, 0.29) is 11.9 Å². The lowest BCUT2D eigenvalue weighted by molar-refractivity contribution is -0.132. The highest BCUT2D eigenvalue weighted by Crippen LogP contribution is 2.16. The second-order valence-electron chi connectivity index (χ2n) is 4.92. The first-order chi connectivity index (χ1) is 7.56. The average molecular weight is 227 g/mol. The largest absolute Gasteiger partial charge is 0.342 e. The molecule has 1 unspecified atom stereocenters. The lowest BCUT2D eigenvalue weighted by atomic mass is 10.2. The third-order valence-corrected chi connectivity index (χ3v) is 3.45. The van der Waals surface area contributed by atoms with Crippen LogP contribution in [0.25, 0.3) is 0 Å². The van der Waals surface area contributed by atoms with E-state index in [2.05, 4.69) is 10.2 Å². The zero-order chi connectivity index (χ0) is 12.1. The normalized spacial score (nSPS) is 21.7. The van der Waals surface area contributed by atoms with Crippen LogP contribution in [0, 0.1) is 0 Å². The van der Waals surface area contributed by atoms with Gasteiger partial charge in [-0.05, 0) is 40.3 Å². The fourth-order valence-electron chi connectivity index (χ4n) is 2.14. The molecule has 94 valence electrons. The predicted octanol–water partition coefficient (Wildman–Crippen LogP) is 0.537. The van der Waals surface area contributed by atoms with E-state index >= 15 is 0 Å². The Labute approximate surface area is 99.0 Å². The molecule has 0 radical (unpaired) electrons. The van der Waals surface area contributed by atoms with Crippen molar-refractivity contribution in [2.24, 2.45) is 0 Å². The zero-order valence-corrected chi connectivity index (χ0v) is 11.0. The summed E-state index contributed by atoms with van der Waals surface area (Å²) in [6, 6.07) is 0.826. The molecule has 0 bridgehead atoms. The fraction of sp³-hybridized carbons (Fsp3) is 0.917. The zero-order valence-electron chi connectivity index (χ0n) is 11.0. The molecule has 4 nitrogen and oxygen atoms in total. The maximum atomic E-state index is 12.0. The third-order valence-electron chi connectivity index (χ3n) is 3.45. The highest BCUT2D eigenvalue weighted by molar-refractivity contribution is 5.78. The Morgan fingerprint density at radius 1 is 1.56 bits per heavy atom. The first kappa shape index (κ1) is 13.5. The van der Waals surface area contributed by atoms with Crippen LogP contribution in [0.15, 0.2) is 0 Å². The lowest BCUT2D eigenvalue weighted by Gasteiger charge is -2.28. The second-order valence-corrected chi connectivity index (χ2v) is 4.92. The summed E-state index contributed by atoms with van der Waals surface area (Å²) >= 11 is 0. The van der Waals surface area contributed by atoms with Crippen molar-refractivity contribution in [3.05, 3.63) is 0 Å². The van der Waals surface area contributed by atoms with Crippen molar-refractivity contribution in [1.82, 2.24) is 15.1 Å². The summed E-state index contributed by atoms with van der Waals surface area (Å²) < 4.78 is 0. The van der Waals surface area contributed by atoms with Crippen LogP contribution in [0.2, 0.25) is 0 Å². The first-order valence-electron chi connectivity index (χ1n) is 6.20. The van der Waals surface area contributed by atoms with E-state index in [4.69, 9.17) is 0 Å². The van der Waals surface area contributed by atoms with Gasteiger partial charge in [-0.1, -0.05) is 0 Å². The number of nitrogens with one attached hydrogen (secondary N) is 1. The van der Waals surface area contributed by atoms with Crippen LogP contribution in [-0.2, 0) is 4.79 Å². The Kier molecular flexibility index (Phi) is 5.22. The van der Waals surface area contributed by atoms with Gasteiger partial charge >= 0.3 is 0 Å². The summed E-state index contributed by atoms with van der Waals surface area (Å²) in [6.07, 6.45) is 2.42. The van der Waals surface area contributed by atoms with Crippen LogP contribution >= 0.6 is 0 Å². The topological polar surface area (TPSA) is 35.6 Å². The van der Waals surface area contributed by atoms with Crippen LogP contribution in [0.4, 0.5) is 0 Å². The smallest absolute Gasteiger partial charge is 0.236 e. The van der Waals surface area contributed by atoms with Crippen LogP contribution in [0.1, 0.15) is 26.7 Å². The fourth-order valence-corrected chi connectivity index (χ4v) is 2.14. The van der Waals surface area contributed by atoms with Gasteiger partial charge in [0.25, 0.3) is 0 Å². The molecule has 0 aromatic carbocycles. The van der Waals surface area contributed by atoms with Crippen LogP contribution in [-0.4, -0.2) is 61.5 Å². The maximum Gasteiger partial charge on any atom is 0.236 e. The van der Waals surface area contributed by atoms with Crippen molar-refractivity contribution in [2.75, 3.05) is 33.7 Å². The van der Waals surface area contributed by atoms with Crippen molar-refractivity contribution in [3.63, 3.8) is 0 Å². The molecular formula is C12H25N3O. The monoisotopic (exact) mass is 227 g/mol. The van der Waals surface area contributed by atoms with Gasteiger partial charge in [0, 0.05) is 25.7 Å². The second kappa shape index (κ2) is 6.21. The Morgan fingerprint density at radius 3 is 2.81 bits per heavy atom. The van der Waals surface area contributed by atoms with Crippen molar-refractivity contribution in [1.29, 1.82) is 0 Å². The van der Waals surface area contributed by atoms with E-state index < -0.39 is 0 Å². The molecule has 0 saturated carbocycles. The van der Waals surface area contributed by atoms with E-state index in [9.17, 15) is 4.79 Å². The van der Waals surface area contributed by atoms with Crippen LogP contribution in [0.5, 0.6) is 0 Å². The summed E-state index contributed by atoms with van der Waals surface area (Å²) in [6.45, 7) is 6.71. The highest BCUT2D eigenvalue weighted by atomic mass is 16.2. The molecule has 0 spiro atoms. The number of carbonyl (C=O) groups excluding carboxylic acids is 1. The van der Waals surface area contributed by atoms with Gasteiger partial charge in [-0.15, -0.1) is 0 Å². The number of amides is 1. The van der Waals surface area contributed by atoms with Crippen molar-refractivity contribution in [2.45, 2.75) is 38.8 Å². The molecule has 0 aromatic heterocycles. The van der Waals surface area contributed by atoms with Gasteiger partial charge in [-0.25, -0.2) is 0 Å². The van der Waals surface area contributed by atoms with E-state index in [1.165, 1.54) is 12.8 Å². The lowest BCUT2D eigenvalue weighted by Crippen LogP contribution is -2.45. The number of hydrogen-bond acceptors (Lipinski definition) is 3.